The van der Waals surface area contributed by atoms with Gasteiger partial charge in [0.15, 0.2) is 0 Å². The standard InChI is InChI=1S/C13H13N5O/c1-8-6-12(19)18-13(15-8)16-11(17-18)7-9-2-4-10(14)5-3-9/h2-6H,7,14H2,1H3,(H,15,16,17). The fourth-order valence-electron chi connectivity index (χ4n) is 1.94. The number of nitrogens with one attached hydrogen (secondary N) is 1. The first-order chi connectivity index (χ1) is 9.11. The van der Waals surface area contributed by atoms with E-state index in [0.29, 0.717) is 23.7 Å². The summed E-state index contributed by atoms with van der Waals surface area (Å²) in [6.45, 7) is 1.77. The average Bonchev–Trinajstić information content (AvgIpc) is 2.75. The van der Waals surface area contributed by atoms with Crippen LogP contribution in [0, 0.1) is 6.92 Å². The molecule has 3 rings (SSSR count). The van der Waals surface area contributed by atoms with Crippen molar-refractivity contribution >= 4 is 11.5 Å². The van der Waals surface area contributed by atoms with Crippen molar-refractivity contribution in [2.45, 2.75) is 13.3 Å². The van der Waals surface area contributed by atoms with Crippen molar-refractivity contribution in [3.63, 3.8) is 0 Å². The molecule has 0 saturated heterocycles. The van der Waals surface area contributed by atoms with E-state index < -0.39 is 0 Å². The summed E-state index contributed by atoms with van der Waals surface area (Å²) >= 11 is 0. The molecule has 3 N–H and O–H groups in total. The minimum atomic E-state index is -0.154. The fraction of sp³-hybridized carbons (Fsp3) is 0.154. The van der Waals surface area contributed by atoms with E-state index in [4.69, 9.17) is 5.73 Å². The van der Waals surface area contributed by atoms with Gasteiger partial charge in [0, 0.05) is 23.9 Å². The van der Waals surface area contributed by atoms with E-state index in [1.165, 1.54) is 10.6 Å². The molecule has 0 aliphatic carbocycles. The number of H-pyrrole nitrogens is 1. The summed E-state index contributed by atoms with van der Waals surface area (Å²) in [4.78, 5) is 20.3. The number of aromatic amines is 1. The zero-order chi connectivity index (χ0) is 13.4. The average molecular weight is 255 g/mol. The first-order valence-corrected chi connectivity index (χ1v) is 5.91. The van der Waals surface area contributed by atoms with Crippen LogP contribution < -0.4 is 11.3 Å². The summed E-state index contributed by atoms with van der Waals surface area (Å²) < 4.78 is 1.35. The van der Waals surface area contributed by atoms with Gasteiger partial charge in [-0.15, -0.1) is 0 Å². The van der Waals surface area contributed by atoms with E-state index >= 15 is 0 Å². The molecule has 96 valence electrons. The van der Waals surface area contributed by atoms with Gasteiger partial charge in [0.05, 0.1) is 0 Å². The van der Waals surface area contributed by atoms with Crippen LogP contribution in [0.1, 0.15) is 17.1 Å². The van der Waals surface area contributed by atoms with Crippen LogP contribution in [-0.2, 0) is 6.42 Å². The summed E-state index contributed by atoms with van der Waals surface area (Å²) in [7, 11) is 0. The molecule has 0 bridgehead atoms. The van der Waals surface area contributed by atoms with Crippen molar-refractivity contribution in [3.8, 4) is 0 Å². The highest BCUT2D eigenvalue weighted by Gasteiger charge is 2.06. The third-order valence-corrected chi connectivity index (χ3v) is 2.86. The Morgan fingerprint density at radius 1 is 1.26 bits per heavy atom. The highest BCUT2D eigenvalue weighted by molar-refractivity contribution is 5.40. The predicted octanol–water partition coefficient (Wildman–Crippen LogP) is 0.899. The van der Waals surface area contributed by atoms with E-state index in [9.17, 15) is 4.79 Å². The molecule has 0 fully saturated rings. The van der Waals surface area contributed by atoms with Crippen molar-refractivity contribution in [1.82, 2.24) is 19.6 Å². The van der Waals surface area contributed by atoms with Gasteiger partial charge in [0.25, 0.3) is 11.3 Å². The molecule has 0 aliphatic heterocycles. The molecule has 0 radical (unpaired) electrons. The molecule has 6 heteroatoms. The lowest BCUT2D eigenvalue weighted by Crippen LogP contribution is -2.14. The Hall–Kier alpha value is -2.63. The summed E-state index contributed by atoms with van der Waals surface area (Å²) in [5.41, 5.74) is 7.94. The fourth-order valence-corrected chi connectivity index (χ4v) is 1.94. The van der Waals surface area contributed by atoms with Crippen LogP contribution in [0.3, 0.4) is 0 Å². The second kappa shape index (κ2) is 4.24. The largest absolute Gasteiger partial charge is 0.399 e. The Labute approximate surface area is 108 Å². The summed E-state index contributed by atoms with van der Waals surface area (Å²) in [6.07, 6.45) is 0.599. The second-order valence-electron chi connectivity index (χ2n) is 4.46. The summed E-state index contributed by atoms with van der Waals surface area (Å²) in [5.74, 6) is 1.09. The van der Waals surface area contributed by atoms with Crippen LogP contribution >= 0.6 is 0 Å². The molecule has 0 unspecified atom stereocenters. The number of aryl methyl sites for hydroxylation is 1. The molecule has 0 aliphatic rings. The monoisotopic (exact) mass is 255 g/mol. The van der Waals surface area contributed by atoms with Crippen molar-refractivity contribution in [3.05, 3.63) is 57.8 Å². The Balaban J connectivity index is 2.00. The van der Waals surface area contributed by atoms with Gasteiger partial charge in [-0.2, -0.15) is 9.50 Å². The maximum Gasteiger partial charge on any atom is 0.274 e. The Morgan fingerprint density at radius 3 is 2.74 bits per heavy atom. The van der Waals surface area contributed by atoms with Gasteiger partial charge >= 0.3 is 0 Å². The molecule has 6 nitrogen and oxygen atoms in total. The molecule has 0 amide bonds. The number of nitrogens with zero attached hydrogens (tertiary/aromatic N) is 3. The van der Waals surface area contributed by atoms with Crippen molar-refractivity contribution in [2.24, 2.45) is 0 Å². The molecule has 2 heterocycles. The Bertz CT molecular complexity index is 785. The zero-order valence-electron chi connectivity index (χ0n) is 10.4. The number of rotatable bonds is 2. The second-order valence-corrected chi connectivity index (χ2v) is 4.46. The Morgan fingerprint density at radius 2 is 2.00 bits per heavy atom. The molecular formula is C13H13N5O. The maximum atomic E-state index is 11.7. The third kappa shape index (κ3) is 2.20. The lowest BCUT2D eigenvalue weighted by molar-refractivity contribution is 0.857. The molecule has 2 aromatic heterocycles. The number of hydrogen-bond acceptors (Lipinski definition) is 4. The van der Waals surface area contributed by atoms with Gasteiger partial charge < -0.3 is 5.73 Å². The number of nitrogens with two attached hydrogens (primary N) is 1. The number of nitrogen functional groups attached to an aromatic ring is 1. The molecule has 0 spiro atoms. The van der Waals surface area contributed by atoms with Crippen LogP contribution in [0.25, 0.3) is 5.78 Å². The van der Waals surface area contributed by atoms with Gasteiger partial charge in [-0.3, -0.25) is 9.89 Å². The van der Waals surface area contributed by atoms with Crippen LogP contribution in [-0.4, -0.2) is 19.6 Å². The van der Waals surface area contributed by atoms with Crippen LogP contribution in [0.2, 0.25) is 0 Å². The number of fused-ring (bicyclic) bond motifs is 1. The van der Waals surface area contributed by atoms with E-state index in [-0.39, 0.29) is 5.56 Å². The number of anilines is 1. The SMILES string of the molecule is Cc1cc(=O)n2[nH]c(Cc3ccc(N)cc3)nc2n1. The molecule has 0 saturated carbocycles. The topological polar surface area (TPSA) is 89.1 Å². The lowest BCUT2D eigenvalue weighted by Gasteiger charge is -1.98. The van der Waals surface area contributed by atoms with Gasteiger partial charge in [0.2, 0.25) is 0 Å². The summed E-state index contributed by atoms with van der Waals surface area (Å²) in [5, 5.41) is 2.95. The van der Waals surface area contributed by atoms with Gasteiger partial charge in [-0.1, -0.05) is 12.1 Å². The van der Waals surface area contributed by atoms with Gasteiger partial charge in [0.1, 0.15) is 5.82 Å². The Kier molecular flexibility index (Phi) is 2.56. The number of hydrogen-bond donors (Lipinski definition) is 2. The van der Waals surface area contributed by atoms with Gasteiger partial charge in [-0.25, -0.2) is 4.98 Å². The first kappa shape index (κ1) is 11.5. The molecule has 1 aromatic carbocycles. The smallest absolute Gasteiger partial charge is 0.274 e. The quantitative estimate of drug-likeness (QED) is 0.666. The minimum Gasteiger partial charge on any atom is -0.399 e. The minimum absolute atomic E-state index is 0.154. The third-order valence-electron chi connectivity index (χ3n) is 2.86. The van der Waals surface area contributed by atoms with Gasteiger partial charge in [-0.05, 0) is 24.6 Å². The molecule has 3 aromatic rings. The van der Waals surface area contributed by atoms with Crippen molar-refractivity contribution in [2.75, 3.05) is 5.73 Å². The van der Waals surface area contributed by atoms with Crippen molar-refractivity contribution in [1.29, 1.82) is 0 Å². The lowest BCUT2D eigenvalue weighted by atomic mass is 10.1. The van der Waals surface area contributed by atoms with E-state index in [1.807, 2.05) is 24.3 Å². The first-order valence-electron chi connectivity index (χ1n) is 5.91. The number of aromatic nitrogens is 4. The predicted molar refractivity (Wildman–Crippen MR) is 72.0 cm³/mol. The summed E-state index contributed by atoms with van der Waals surface area (Å²) in [6, 6.07) is 9.02. The maximum absolute atomic E-state index is 11.7. The molecular weight excluding hydrogens is 242 g/mol. The van der Waals surface area contributed by atoms with E-state index in [0.717, 1.165) is 11.3 Å². The van der Waals surface area contributed by atoms with Crippen LogP contribution in [0.15, 0.2) is 35.1 Å². The number of benzene rings is 1. The van der Waals surface area contributed by atoms with Crippen molar-refractivity contribution < 1.29 is 0 Å². The molecule has 19 heavy (non-hydrogen) atoms. The highest BCUT2D eigenvalue weighted by Crippen LogP contribution is 2.09. The zero-order valence-corrected chi connectivity index (χ0v) is 10.4. The van der Waals surface area contributed by atoms with E-state index in [1.54, 1.807) is 6.92 Å². The highest BCUT2D eigenvalue weighted by atomic mass is 16.1. The van der Waals surface area contributed by atoms with Crippen LogP contribution in [0.5, 0.6) is 0 Å². The van der Waals surface area contributed by atoms with E-state index in [2.05, 4.69) is 15.1 Å². The normalized spacial score (nSPS) is 11.0. The molecule has 0 atom stereocenters. The van der Waals surface area contributed by atoms with Crippen LogP contribution in [0.4, 0.5) is 5.69 Å².